The Morgan fingerprint density at radius 1 is 1.15 bits per heavy atom. The summed E-state index contributed by atoms with van der Waals surface area (Å²) in [6.45, 7) is 1.88. The Hall–Kier alpha value is -2.03. The maximum atomic E-state index is 12.2. The first-order valence-electron chi connectivity index (χ1n) is 5.71. The molecule has 0 spiro atoms. The molecule has 0 heterocycles. The van der Waals surface area contributed by atoms with Gasteiger partial charge in [0, 0.05) is 0 Å². The van der Waals surface area contributed by atoms with Gasteiger partial charge in [-0.1, -0.05) is 29.3 Å². The van der Waals surface area contributed by atoms with Gasteiger partial charge in [0.1, 0.15) is 6.07 Å². The molecule has 0 aliphatic carbocycles. The van der Waals surface area contributed by atoms with Crippen LogP contribution in [0.4, 0.5) is 5.69 Å². The highest BCUT2D eigenvalue weighted by atomic mass is 35.5. The lowest BCUT2D eigenvalue weighted by Crippen LogP contribution is -2.12. The fraction of sp³-hybridized carbons (Fsp3) is 0.0714. The molecule has 6 heteroatoms. The van der Waals surface area contributed by atoms with Gasteiger partial charge in [-0.05, 0) is 37.3 Å². The summed E-state index contributed by atoms with van der Waals surface area (Å²) >= 11 is 5.87. The molecule has 0 fully saturated rings. The second-order valence-electron chi connectivity index (χ2n) is 4.22. The highest BCUT2D eigenvalue weighted by molar-refractivity contribution is 7.92. The van der Waals surface area contributed by atoms with Gasteiger partial charge in [-0.2, -0.15) is 5.26 Å². The molecule has 0 amide bonds. The Kier molecular flexibility index (Phi) is 3.98. The molecule has 2 aromatic carbocycles. The van der Waals surface area contributed by atoms with E-state index in [-0.39, 0.29) is 9.92 Å². The third-order valence-corrected chi connectivity index (χ3v) is 4.38. The Bertz CT molecular complexity index is 778. The van der Waals surface area contributed by atoms with Crippen molar-refractivity contribution in [3.8, 4) is 6.07 Å². The summed E-state index contributed by atoms with van der Waals surface area (Å²) in [4.78, 5) is 0.170. The van der Waals surface area contributed by atoms with Crippen LogP contribution in [-0.2, 0) is 10.0 Å². The van der Waals surface area contributed by atoms with Crippen LogP contribution in [0, 0.1) is 18.3 Å². The van der Waals surface area contributed by atoms with Crippen molar-refractivity contribution in [2.45, 2.75) is 11.8 Å². The van der Waals surface area contributed by atoms with Crippen molar-refractivity contribution in [2.24, 2.45) is 0 Å². The van der Waals surface area contributed by atoms with Crippen LogP contribution >= 0.6 is 11.6 Å². The van der Waals surface area contributed by atoms with Crippen molar-refractivity contribution in [2.75, 3.05) is 4.72 Å². The zero-order valence-electron chi connectivity index (χ0n) is 10.6. The second kappa shape index (κ2) is 5.53. The van der Waals surface area contributed by atoms with E-state index >= 15 is 0 Å². The molecule has 4 nitrogen and oxygen atoms in total. The minimum absolute atomic E-state index is 0.170. The van der Waals surface area contributed by atoms with Gasteiger partial charge in [0.2, 0.25) is 0 Å². The summed E-state index contributed by atoms with van der Waals surface area (Å²) in [5.74, 6) is 0. The van der Waals surface area contributed by atoms with E-state index in [1.54, 1.807) is 12.1 Å². The minimum Gasteiger partial charge on any atom is -0.280 e. The quantitative estimate of drug-likeness (QED) is 0.945. The van der Waals surface area contributed by atoms with Crippen LogP contribution in [0.25, 0.3) is 0 Å². The van der Waals surface area contributed by atoms with Crippen molar-refractivity contribution in [1.82, 2.24) is 0 Å². The third-order valence-electron chi connectivity index (χ3n) is 2.67. The number of hydrogen-bond acceptors (Lipinski definition) is 3. The minimum atomic E-state index is -3.66. The van der Waals surface area contributed by atoms with Crippen LogP contribution in [0.2, 0.25) is 5.02 Å². The number of nitrogens with one attached hydrogen (secondary N) is 1. The van der Waals surface area contributed by atoms with Crippen molar-refractivity contribution in [3.05, 3.63) is 58.6 Å². The molecule has 0 aliphatic heterocycles. The van der Waals surface area contributed by atoms with Gasteiger partial charge in [0.15, 0.2) is 0 Å². The molecule has 0 saturated carbocycles. The molecule has 0 aromatic heterocycles. The number of nitriles is 1. The second-order valence-corrected chi connectivity index (χ2v) is 6.31. The fourth-order valence-corrected chi connectivity index (χ4v) is 2.87. The molecule has 20 heavy (non-hydrogen) atoms. The largest absolute Gasteiger partial charge is 0.280 e. The fourth-order valence-electron chi connectivity index (χ4n) is 1.60. The Morgan fingerprint density at radius 3 is 2.35 bits per heavy atom. The molecule has 0 atom stereocenters. The zero-order chi connectivity index (χ0) is 14.8. The number of sulfonamides is 1. The molecular weight excluding hydrogens is 296 g/mol. The Balaban J connectivity index is 2.31. The van der Waals surface area contributed by atoms with Crippen LogP contribution in [-0.4, -0.2) is 8.42 Å². The van der Waals surface area contributed by atoms with Crippen LogP contribution in [0.15, 0.2) is 47.4 Å². The summed E-state index contributed by atoms with van der Waals surface area (Å²) in [6, 6.07) is 12.8. The summed E-state index contributed by atoms with van der Waals surface area (Å²) in [6.07, 6.45) is 0. The number of anilines is 1. The van der Waals surface area contributed by atoms with Crippen LogP contribution in [0.3, 0.4) is 0 Å². The van der Waals surface area contributed by atoms with Gasteiger partial charge in [-0.25, -0.2) is 8.42 Å². The highest BCUT2D eigenvalue weighted by Crippen LogP contribution is 2.22. The molecule has 0 radical (unpaired) electrons. The Morgan fingerprint density at radius 2 is 1.80 bits per heavy atom. The lowest BCUT2D eigenvalue weighted by Gasteiger charge is -2.09. The first-order chi connectivity index (χ1) is 9.42. The normalized spacial score (nSPS) is 10.8. The van der Waals surface area contributed by atoms with Crippen LogP contribution < -0.4 is 4.72 Å². The van der Waals surface area contributed by atoms with E-state index in [2.05, 4.69) is 4.72 Å². The van der Waals surface area contributed by atoms with Gasteiger partial charge < -0.3 is 0 Å². The molecule has 2 aromatic rings. The maximum Gasteiger partial charge on any atom is 0.261 e. The van der Waals surface area contributed by atoms with Crippen molar-refractivity contribution in [1.29, 1.82) is 5.26 Å². The molecule has 0 bridgehead atoms. The van der Waals surface area contributed by atoms with E-state index in [1.165, 1.54) is 30.3 Å². The standard InChI is InChI=1S/C14H11ClN2O2S/c1-10-2-6-13(7-3-10)20(18,19)17-12-5-4-11(9-16)14(15)8-12/h2-8,17H,1H3. The molecule has 0 unspecified atom stereocenters. The summed E-state index contributed by atoms with van der Waals surface area (Å²) in [5, 5.41) is 8.98. The van der Waals surface area contributed by atoms with E-state index in [1.807, 2.05) is 13.0 Å². The molecular formula is C14H11ClN2O2S. The third kappa shape index (κ3) is 3.10. The zero-order valence-corrected chi connectivity index (χ0v) is 12.2. The average Bonchev–Trinajstić information content (AvgIpc) is 2.39. The van der Waals surface area contributed by atoms with E-state index in [0.29, 0.717) is 11.3 Å². The first-order valence-corrected chi connectivity index (χ1v) is 7.57. The molecule has 2 rings (SSSR count). The van der Waals surface area contributed by atoms with Gasteiger partial charge >= 0.3 is 0 Å². The van der Waals surface area contributed by atoms with E-state index < -0.39 is 10.0 Å². The summed E-state index contributed by atoms with van der Waals surface area (Å²) < 4.78 is 26.7. The molecule has 0 aliphatic rings. The van der Waals surface area contributed by atoms with Gasteiger partial charge in [0.25, 0.3) is 10.0 Å². The maximum absolute atomic E-state index is 12.2. The van der Waals surface area contributed by atoms with E-state index in [9.17, 15) is 8.42 Å². The number of aryl methyl sites for hydroxylation is 1. The number of rotatable bonds is 3. The van der Waals surface area contributed by atoms with Crippen molar-refractivity contribution in [3.63, 3.8) is 0 Å². The lowest BCUT2D eigenvalue weighted by molar-refractivity contribution is 0.601. The van der Waals surface area contributed by atoms with Gasteiger partial charge in [0.05, 0.1) is 21.2 Å². The molecule has 0 saturated heterocycles. The SMILES string of the molecule is Cc1ccc(S(=O)(=O)Nc2ccc(C#N)c(Cl)c2)cc1. The highest BCUT2D eigenvalue weighted by Gasteiger charge is 2.14. The molecule has 1 N–H and O–H groups in total. The summed E-state index contributed by atoms with van der Waals surface area (Å²) in [7, 11) is -3.66. The van der Waals surface area contributed by atoms with E-state index in [0.717, 1.165) is 5.56 Å². The monoisotopic (exact) mass is 306 g/mol. The predicted octanol–water partition coefficient (Wildman–Crippen LogP) is 3.32. The van der Waals surface area contributed by atoms with E-state index in [4.69, 9.17) is 16.9 Å². The number of hydrogen-bond donors (Lipinski definition) is 1. The van der Waals surface area contributed by atoms with Crippen molar-refractivity contribution >= 4 is 27.3 Å². The predicted molar refractivity (Wildman–Crippen MR) is 78.2 cm³/mol. The van der Waals surface area contributed by atoms with Gasteiger partial charge in [-0.3, -0.25) is 4.72 Å². The topological polar surface area (TPSA) is 70.0 Å². The average molecular weight is 307 g/mol. The first kappa shape index (κ1) is 14.4. The van der Waals surface area contributed by atoms with Crippen LogP contribution in [0.5, 0.6) is 0 Å². The lowest BCUT2D eigenvalue weighted by atomic mass is 10.2. The Labute approximate surface area is 122 Å². The number of halogens is 1. The van der Waals surface area contributed by atoms with Gasteiger partial charge in [-0.15, -0.1) is 0 Å². The number of benzene rings is 2. The van der Waals surface area contributed by atoms with Crippen molar-refractivity contribution < 1.29 is 8.42 Å². The summed E-state index contributed by atoms with van der Waals surface area (Å²) in [5.41, 5.74) is 1.59. The molecule has 102 valence electrons. The smallest absolute Gasteiger partial charge is 0.261 e. The van der Waals surface area contributed by atoms with Crippen LogP contribution in [0.1, 0.15) is 11.1 Å². The number of nitrogens with zero attached hydrogens (tertiary/aromatic N) is 1.